The molecule has 3 rings (SSSR count). The van der Waals surface area contributed by atoms with Gasteiger partial charge in [0.15, 0.2) is 0 Å². The highest BCUT2D eigenvalue weighted by Crippen LogP contribution is 2.36. The Balaban J connectivity index is 2.00. The number of para-hydroxylation sites is 2. The summed E-state index contributed by atoms with van der Waals surface area (Å²) < 4.78 is 5.82. The third-order valence-electron chi connectivity index (χ3n) is 3.68. The molecule has 1 aromatic carbocycles. The molecule has 1 aliphatic heterocycles. The number of fused-ring (bicyclic) bond motifs is 1. The summed E-state index contributed by atoms with van der Waals surface area (Å²) in [6, 6.07) is 10.4. The molecular formula is C17H21N3O. The smallest absolute Gasteiger partial charge is 0.142 e. The Morgan fingerprint density at radius 3 is 3.00 bits per heavy atom. The lowest BCUT2D eigenvalue weighted by Crippen LogP contribution is -2.20. The summed E-state index contributed by atoms with van der Waals surface area (Å²) in [7, 11) is 1.95. The first-order valence-corrected chi connectivity index (χ1v) is 7.39. The lowest BCUT2D eigenvalue weighted by molar-refractivity contribution is 0.322. The van der Waals surface area contributed by atoms with Gasteiger partial charge in [-0.2, -0.15) is 0 Å². The number of ether oxygens (including phenoxy) is 1. The van der Waals surface area contributed by atoms with Crippen molar-refractivity contribution in [1.82, 2.24) is 10.3 Å². The van der Waals surface area contributed by atoms with Gasteiger partial charge in [-0.15, -0.1) is 0 Å². The molecule has 110 valence electrons. The van der Waals surface area contributed by atoms with Crippen molar-refractivity contribution in [2.24, 2.45) is 0 Å². The van der Waals surface area contributed by atoms with Gasteiger partial charge in [-0.05, 0) is 49.7 Å². The number of hydrogen-bond acceptors (Lipinski definition) is 4. The zero-order valence-electron chi connectivity index (χ0n) is 12.6. The predicted molar refractivity (Wildman–Crippen MR) is 85.3 cm³/mol. The summed E-state index contributed by atoms with van der Waals surface area (Å²) in [6.45, 7) is 4.64. The van der Waals surface area contributed by atoms with Crippen LogP contribution in [-0.2, 0) is 6.54 Å². The van der Waals surface area contributed by atoms with Crippen LogP contribution >= 0.6 is 0 Å². The van der Waals surface area contributed by atoms with Crippen LogP contribution in [0.25, 0.3) is 0 Å². The van der Waals surface area contributed by atoms with E-state index in [0.29, 0.717) is 0 Å². The molecule has 1 aliphatic rings. The quantitative estimate of drug-likeness (QED) is 0.939. The topological polar surface area (TPSA) is 37.4 Å². The molecule has 0 spiro atoms. The van der Waals surface area contributed by atoms with Crippen molar-refractivity contribution < 1.29 is 4.74 Å². The summed E-state index contributed by atoms with van der Waals surface area (Å²) >= 11 is 0. The minimum Gasteiger partial charge on any atom is -0.491 e. The highest BCUT2D eigenvalue weighted by atomic mass is 16.5. The number of hydrogen-bond donors (Lipinski definition) is 1. The van der Waals surface area contributed by atoms with E-state index in [1.165, 1.54) is 11.1 Å². The molecule has 4 nitrogen and oxygen atoms in total. The van der Waals surface area contributed by atoms with E-state index in [9.17, 15) is 0 Å². The van der Waals surface area contributed by atoms with E-state index in [0.717, 1.165) is 43.4 Å². The first kappa shape index (κ1) is 13.9. The minimum absolute atomic E-state index is 0.754. The monoisotopic (exact) mass is 283 g/mol. The number of aryl methyl sites for hydroxylation is 1. The molecule has 1 aromatic heterocycles. The van der Waals surface area contributed by atoms with E-state index < -0.39 is 0 Å². The van der Waals surface area contributed by atoms with Crippen LogP contribution in [-0.4, -0.2) is 25.2 Å². The van der Waals surface area contributed by atoms with Crippen LogP contribution in [0.3, 0.4) is 0 Å². The lowest BCUT2D eigenvalue weighted by Gasteiger charge is -2.24. The fourth-order valence-corrected chi connectivity index (χ4v) is 2.76. The van der Waals surface area contributed by atoms with Crippen molar-refractivity contribution in [3.8, 4) is 5.75 Å². The summed E-state index contributed by atoms with van der Waals surface area (Å²) in [5.41, 5.74) is 3.50. The molecule has 0 bridgehead atoms. The maximum atomic E-state index is 5.82. The third kappa shape index (κ3) is 2.85. The number of aromatic nitrogens is 1. The van der Waals surface area contributed by atoms with Crippen molar-refractivity contribution >= 4 is 11.5 Å². The van der Waals surface area contributed by atoms with Crippen LogP contribution < -0.4 is 15.0 Å². The fourth-order valence-electron chi connectivity index (χ4n) is 2.76. The SMILES string of the molecule is CNCc1cnc(N2CCCOc3ccccc32)c(C)c1. The van der Waals surface area contributed by atoms with Gasteiger partial charge in [-0.25, -0.2) is 4.98 Å². The standard InChI is InChI=1S/C17H21N3O/c1-13-10-14(11-18-2)12-19-17(13)20-8-5-9-21-16-7-4-3-6-15(16)20/h3-4,6-7,10,12,18H,5,8-9,11H2,1-2H3. The normalized spacial score (nSPS) is 14.3. The van der Waals surface area contributed by atoms with Crippen LogP contribution in [0.1, 0.15) is 17.5 Å². The molecule has 21 heavy (non-hydrogen) atoms. The van der Waals surface area contributed by atoms with Crippen LogP contribution in [0.15, 0.2) is 36.5 Å². The van der Waals surface area contributed by atoms with E-state index in [4.69, 9.17) is 9.72 Å². The highest BCUT2D eigenvalue weighted by Gasteiger charge is 2.19. The van der Waals surface area contributed by atoms with Crippen molar-refractivity contribution in [3.05, 3.63) is 47.7 Å². The lowest BCUT2D eigenvalue weighted by atomic mass is 10.1. The number of nitrogens with one attached hydrogen (secondary N) is 1. The van der Waals surface area contributed by atoms with E-state index in [1.807, 2.05) is 31.4 Å². The van der Waals surface area contributed by atoms with Crippen LogP contribution in [0.5, 0.6) is 5.75 Å². The maximum Gasteiger partial charge on any atom is 0.142 e. The third-order valence-corrected chi connectivity index (χ3v) is 3.68. The largest absolute Gasteiger partial charge is 0.491 e. The molecule has 0 fully saturated rings. The molecule has 0 saturated carbocycles. The molecule has 0 saturated heterocycles. The van der Waals surface area contributed by atoms with E-state index in [1.54, 1.807) is 0 Å². The Bertz CT molecular complexity index is 627. The molecule has 1 N–H and O–H groups in total. The number of anilines is 2. The molecular weight excluding hydrogens is 262 g/mol. The summed E-state index contributed by atoms with van der Waals surface area (Å²) in [5.74, 6) is 1.96. The van der Waals surface area contributed by atoms with Crippen LogP contribution in [0.4, 0.5) is 11.5 Å². The average Bonchev–Trinajstić information content (AvgIpc) is 2.70. The molecule has 0 aliphatic carbocycles. The molecule has 0 unspecified atom stereocenters. The molecule has 2 heterocycles. The second-order valence-corrected chi connectivity index (χ2v) is 5.34. The van der Waals surface area contributed by atoms with Gasteiger partial charge in [0, 0.05) is 19.3 Å². The number of nitrogens with zero attached hydrogens (tertiary/aromatic N) is 2. The van der Waals surface area contributed by atoms with Crippen molar-refractivity contribution in [3.63, 3.8) is 0 Å². The Morgan fingerprint density at radius 2 is 2.19 bits per heavy atom. The number of pyridine rings is 1. The van der Waals surface area contributed by atoms with Crippen molar-refractivity contribution in [2.45, 2.75) is 19.9 Å². The fraction of sp³-hybridized carbons (Fsp3) is 0.353. The zero-order chi connectivity index (χ0) is 14.7. The Kier molecular flexibility index (Phi) is 4.06. The Labute approximate surface area is 125 Å². The van der Waals surface area contributed by atoms with E-state index in [-0.39, 0.29) is 0 Å². The number of rotatable bonds is 3. The minimum atomic E-state index is 0.754. The van der Waals surface area contributed by atoms with Gasteiger partial charge in [-0.3, -0.25) is 0 Å². The average molecular weight is 283 g/mol. The number of benzene rings is 1. The van der Waals surface area contributed by atoms with Gasteiger partial charge in [0.05, 0.1) is 12.3 Å². The van der Waals surface area contributed by atoms with Gasteiger partial charge in [0.1, 0.15) is 11.6 Å². The zero-order valence-corrected chi connectivity index (χ0v) is 12.6. The van der Waals surface area contributed by atoms with Crippen LogP contribution in [0, 0.1) is 6.92 Å². The van der Waals surface area contributed by atoms with Crippen molar-refractivity contribution in [1.29, 1.82) is 0 Å². The predicted octanol–water partition coefficient (Wildman–Crippen LogP) is 3.03. The molecule has 0 atom stereocenters. The van der Waals surface area contributed by atoms with E-state index >= 15 is 0 Å². The summed E-state index contributed by atoms with van der Waals surface area (Å²) in [5, 5.41) is 3.16. The first-order valence-electron chi connectivity index (χ1n) is 7.39. The van der Waals surface area contributed by atoms with Gasteiger partial charge in [0.25, 0.3) is 0 Å². The first-order chi connectivity index (χ1) is 10.3. The second kappa shape index (κ2) is 6.14. The summed E-state index contributed by atoms with van der Waals surface area (Å²) in [4.78, 5) is 6.96. The van der Waals surface area contributed by atoms with Crippen molar-refractivity contribution in [2.75, 3.05) is 25.1 Å². The van der Waals surface area contributed by atoms with E-state index in [2.05, 4.69) is 29.3 Å². The Morgan fingerprint density at radius 1 is 1.33 bits per heavy atom. The molecule has 4 heteroatoms. The van der Waals surface area contributed by atoms with Gasteiger partial charge < -0.3 is 15.0 Å². The Hall–Kier alpha value is -2.07. The highest BCUT2D eigenvalue weighted by molar-refractivity contribution is 5.69. The molecule has 0 amide bonds. The van der Waals surface area contributed by atoms with Gasteiger partial charge >= 0.3 is 0 Å². The molecule has 0 radical (unpaired) electrons. The van der Waals surface area contributed by atoms with Gasteiger partial charge in [-0.1, -0.05) is 12.1 Å². The molecule has 2 aromatic rings. The second-order valence-electron chi connectivity index (χ2n) is 5.34. The van der Waals surface area contributed by atoms with Crippen LogP contribution in [0.2, 0.25) is 0 Å². The summed E-state index contributed by atoms with van der Waals surface area (Å²) in [6.07, 6.45) is 2.95. The van der Waals surface area contributed by atoms with Gasteiger partial charge in [0.2, 0.25) is 0 Å². The maximum absolute atomic E-state index is 5.82.